The molecule has 6 nitrogen and oxygen atoms in total. The Kier molecular flexibility index (Phi) is 4.60. The van der Waals surface area contributed by atoms with Gasteiger partial charge in [0.25, 0.3) is 5.91 Å². The molecule has 0 atom stereocenters. The van der Waals surface area contributed by atoms with Gasteiger partial charge in [0.05, 0.1) is 11.9 Å². The highest BCUT2D eigenvalue weighted by Gasteiger charge is 2.17. The number of carboxylic acids is 1. The summed E-state index contributed by atoms with van der Waals surface area (Å²) in [6, 6.07) is 9.35. The van der Waals surface area contributed by atoms with Gasteiger partial charge in [-0.2, -0.15) is 0 Å². The second kappa shape index (κ2) is 6.43. The molecule has 22 heavy (non-hydrogen) atoms. The molecule has 0 unspecified atom stereocenters. The van der Waals surface area contributed by atoms with Crippen LogP contribution in [0.15, 0.2) is 30.3 Å². The monoisotopic (exact) mass is 301 g/mol. The Hall–Kier alpha value is -2.63. The van der Waals surface area contributed by atoms with E-state index in [1.165, 1.54) is 4.90 Å². The quantitative estimate of drug-likeness (QED) is 0.912. The lowest BCUT2D eigenvalue weighted by Crippen LogP contribution is -2.30. The third-order valence-corrected chi connectivity index (χ3v) is 3.40. The number of amides is 1. The molecule has 1 aromatic carbocycles. The Morgan fingerprint density at radius 2 is 1.86 bits per heavy atom. The van der Waals surface area contributed by atoms with E-state index in [0.717, 1.165) is 16.6 Å². The number of pyridine rings is 1. The van der Waals surface area contributed by atoms with Crippen LogP contribution in [-0.4, -0.2) is 54.6 Å². The van der Waals surface area contributed by atoms with Crippen molar-refractivity contribution in [2.24, 2.45) is 0 Å². The van der Waals surface area contributed by atoms with E-state index in [1.54, 1.807) is 13.1 Å². The van der Waals surface area contributed by atoms with Crippen molar-refractivity contribution in [3.8, 4) is 0 Å². The van der Waals surface area contributed by atoms with Crippen LogP contribution in [0.5, 0.6) is 0 Å². The zero-order valence-electron chi connectivity index (χ0n) is 12.9. The van der Waals surface area contributed by atoms with E-state index in [9.17, 15) is 9.59 Å². The molecule has 0 aliphatic heterocycles. The maximum Gasteiger partial charge on any atom is 0.305 e. The Morgan fingerprint density at radius 1 is 1.18 bits per heavy atom. The van der Waals surface area contributed by atoms with Gasteiger partial charge in [0.15, 0.2) is 0 Å². The summed E-state index contributed by atoms with van der Waals surface area (Å²) in [7, 11) is 5.39. The molecule has 116 valence electrons. The fourth-order valence-corrected chi connectivity index (χ4v) is 2.20. The molecule has 1 amide bonds. The number of aromatic nitrogens is 1. The Labute approximate surface area is 129 Å². The molecule has 1 heterocycles. The Morgan fingerprint density at radius 3 is 2.50 bits per heavy atom. The zero-order valence-corrected chi connectivity index (χ0v) is 12.9. The smallest absolute Gasteiger partial charge is 0.305 e. The van der Waals surface area contributed by atoms with E-state index in [4.69, 9.17) is 5.11 Å². The number of fused-ring (bicyclic) bond motifs is 1. The molecule has 2 aromatic rings. The number of carboxylic acid groups (broad SMARTS) is 1. The van der Waals surface area contributed by atoms with Crippen molar-refractivity contribution in [1.82, 2.24) is 9.88 Å². The number of carbonyl (C=O) groups excluding carboxylic acids is 1. The molecular weight excluding hydrogens is 282 g/mol. The van der Waals surface area contributed by atoms with Crippen LogP contribution in [0.2, 0.25) is 0 Å². The minimum absolute atomic E-state index is 0.0869. The highest BCUT2D eigenvalue weighted by Crippen LogP contribution is 2.25. The number of nitrogens with zero attached hydrogens (tertiary/aromatic N) is 3. The van der Waals surface area contributed by atoms with E-state index >= 15 is 0 Å². The molecule has 2 rings (SSSR count). The van der Waals surface area contributed by atoms with Crippen molar-refractivity contribution in [2.75, 3.05) is 32.6 Å². The van der Waals surface area contributed by atoms with Crippen LogP contribution in [0.25, 0.3) is 10.9 Å². The van der Waals surface area contributed by atoms with Crippen molar-refractivity contribution in [3.63, 3.8) is 0 Å². The maximum atomic E-state index is 12.4. The molecule has 6 heteroatoms. The van der Waals surface area contributed by atoms with E-state index in [-0.39, 0.29) is 18.9 Å². The summed E-state index contributed by atoms with van der Waals surface area (Å²) in [5, 5.41) is 9.68. The second-order valence-corrected chi connectivity index (χ2v) is 5.31. The van der Waals surface area contributed by atoms with Gasteiger partial charge < -0.3 is 14.9 Å². The highest BCUT2D eigenvalue weighted by atomic mass is 16.4. The molecule has 0 spiro atoms. The second-order valence-electron chi connectivity index (χ2n) is 5.31. The van der Waals surface area contributed by atoms with Gasteiger partial charge in [-0.05, 0) is 12.1 Å². The predicted molar refractivity (Wildman–Crippen MR) is 85.3 cm³/mol. The summed E-state index contributed by atoms with van der Waals surface area (Å²) in [4.78, 5) is 30.8. The average molecular weight is 301 g/mol. The van der Waals surface area contributed by atoms with Gasteiger partial charge in [-0.15, -0.1) is 0 Å². The van der Waals surface area contributed by atoms with E-state index in [2.05, 4.69) is 4.98 Å². The van der Waals surface area contributed by atoms with Crippen LogP contribution in [0, 0.1) is 0 Å². The van der Waals surface area contributed by atoms with Gasteiger partial charge in [0, 0.05) is 38.8 Å². The SMILES string of the molecule is CN(CCC(=O)O)C(=O)c1cc(N(C)C)c2ccccc2n1. The number of anilines is 1. The Bertz CT molecular complexity index is 713. The minimum atomic E-state index is -0.930. The van der Waals surface area contributed by atoms with E-state index < -0.39 is 5.97 Å². The number of aliphatic carboxylic acids is 1. The lowest BCUT2D eigenvalue weighted by atomic mass is 10.1. The number of carbonyl (C=O) groups is 2. The summed E-state index contributed by atoms with van der Waals surface area (Å²) in [5.74, 6) is -1.21. The van der Waals surface area contributed by atoms with Gasteiger partial charge in [0.2, 0.25) is 0 Å². The normalized spacial score (nSPS) is 10.5. The Balaban J connectivity index is 2.39. The van der Waals surface area contributed by atoms with Crippen LogP contribution in [-0.2, 0) is 4.79 Å². The highest BCUT2D eigenvalue weighted by molar-refractivity contribution is 5.99. The molecule has 1 aromatic heterocycles. The molecule has 0 saturated heterocycles. The largest absolute Gasteiger partial charge is 0.481 e. The van der Waals surface area contributed by atoms with Gasteiger partial charge in [0.1, 0.15) is 5.69 Å². The molecule has 0 fully saturated rings. The molecular formula is C16H19N3O3. The topological polar surface area (TPSA) is 73.7 Å². The molecule has 0 saturated carbocycles. The van der Waals surface area contributed by atoms with E-state index in [1.807, 2.05) is 43.3 Å². The summed E-state index contributed by atoms with van der Waals surface area (Å²) in [5.41, 5.74) is 1.96. The van der Waals surface area contributed by atoms with Crippen LogP contribution >= 0.6 is 0 Å². The fraction of sp³-hybridized carbons (Fsp3) is 0.312. The van der Waals surface area contributed by atoms with Crippen LogP contribution in [0.3, 0.4) is 0 Å². The third-order valence-electron chi connectivity index (χ3n) is 3.40. The van der Waals surface area contributed by atoms with Crippen molar-refractivity contribution in [2.45, 2.75) is 6.42 Å². The minimum Gasteiger partial charge on any atom is -0.481 e. The molecule has 1 N–H and O–H groups in total. The predicted octanol–water partition coefficient (Wildman–Crippen LogP) is 1.85. The van der Waals surface area contributed by atoms with Crippen molar-refractivity contribution < 1.29 is 14.7 Å². The molecule has 0 aliphatic rings. The first-order valence-electron chi connectivity index (χ1n) is 6.94. The van der Waals surface area contributed by atoms with Crippen molar-refractivity contribution in [1.29, 1.82) is 0 Å². The van der Waals surface area contributed by atoms with Crippen LogP contribution < -0.4 is 4.90 Å². The number of hydrogen-bond acceptors (Lipinski definition) is 4. The summed E-state index contributed by atoms with van der Waals surface area (Å²) in [6.07, 6.45) is -0.0869. The summed E-state index contributed by atoms with van der Waals surface area (Å²) in [6.45, 7) is 0.153. The van der Waals surface area contributed by atoms with Crippen LogP contribution in [0.4, 0.5) is 5.69 Å². The van der Waals surface area contributed by atoms with E-state index in [0.29, 0.717) is 5.69 Å². The first kappa shape index (κ1) is 15.8. The molecule has 0 radical (unpaired) electrons. The summed E-state index contributed by atoms with van der Waals surface area (Å²) >= 11 is 0. The third kappa shape index (κ3) is 3.33. The zero-order chi connectivity index (χ0) is 16.3. The molecule has 0 bridgehead atoms. The number of para-hydroxylation sites is 1. The average Bonchev–Trinajstić information content (AvgIpc) is 2.50. The summed E-state index contributed by atoms with van der Waals surface area (Å²) < 4.78 is 0. The number of rotatable bonds is 5. The van der Waals surface area contributed by atoms with Crippen LogP contribution in [0.1, 0.15) is 16.9 Å². The van der Waals surface area contributed by atoms with Gasteiger partial charge >= 0.3 is 5.97 Å². The lowest BCUT2D eigenvalue weighted by Gasteiger charge is -2.19. The first-order chi connectivity index (χ1) is 10.4. The molecule has 0 aliphatic carbocycles. The standard InChI is InChI=1S/C16H19N3O3/c1-18(2)14-10-13(16(22)19(3)9-8-15(20)21)17-12-7-5-4-6-11(12)14/h4-7,10H,8-9H2,1-3H3,(H,20,21). The van der Waals surface area contributed by atoms with Gasteiger partial charge in [-0.3, -0.25) is 9.59 Å². The number of hydrogen-bond donors (Lipinski definition) is 1. The van der Waals surface area contributed by atoms with Gasteiger partial charge in [-0.25, -0.2) is 4.98 Å². The van der Waals surface area contributed by atoms with Crippen molar-refractivity contribution in [3.05, 3.63) is 36.0 Å². The maximum absolute atomic E-state index is 12.4. The lowest BCUT2D eigenvalue weighted by molar-refractivity contribution is -0.137. The van der Waals surface area contributed by atoms with Gasteiger partial charge in [-0.1, -0.05) is 18.2 Å². The van der Waals surface area contributed by atoms with Crippen molar-refractivity contribution >= 4 is 28.5 Å². The fourth-order valence-electron chi connectivity index (χ4n) is 2.20. The first-order valence-corrected chi connectivity index (χ1v) is 6.94. The number of benzene rings is 1.